The average molecular weight is 487 g/mol. The van der Waals surface area contributed by atoms with Crippen molar-refractivity contribution in [3.8, 4) is 11.5 Å². The van der Waals surface area contributed by atoms with Crippen LogP contribution in [0.25, 0.3) is 0 Å². The summed E-state index contributed by atoms with van der Waals surface area (Å²) < 4.78 is 52.7. The van der Waals surface area contributed by atoms with E-state index in [-0.39, 0.29) is 22.2 Å². The number of rotatable bonds is 10. The Labute approximate surface area is 199 Å². The van der Waals surface area contributed by atoms with Crippen LogP contribution in [0.15, 0.2) is 71.6 Å². The number of sulfonamides is 1. The second-order valence-electron chi connectivity index (χ2n) is 7.38. The van der Waals surface area contributed by atoms with Gasteiger partial charge in [-0.25, -0.2) is 12.8 Å². The highest BCUT2D eigenvalue weighted by Gasteiger charge is 2.19. The van der Waals surface area contributed by atoms with E-state index in [0.29, 0.717) is 24.7 Å². The predicted octanol–water partition coefficient (Wildman–Crippen LogP) is 4.91. The lowest BCUT2D eigenvalue weighted by Crippen LogP contribution is -2.27. The van der Waals surface area contributed by atoms with Crippen molar-refractivity contribution in [2.45, 2.75) is 31.7 Å². The number of nitrogens with one attached hydrogen (secondary N) is 2. The van der Waals surface area contributed by atoms with Gasteiger partial charge in [-0.1, -0.05) is 24.3 Å². The van der Waals surface area contributed by atoms with E-state index < -0.39 is 21.7 Å². The zero-order valence-corrected chi connectivity index (χ0v) is 20.0. The van der Waals surface area contributed by atoms with Gasteiger partial charge in [0.05, 0.1) is 29.8 Å². The summed E-state index contributed by atoms with van der Waals surface area (Å²) in [6, 6.07) is 16.0. The Balaban J connectivity index is 1.77. The first-order valence-corrected chi connectivity index (χ1v) is 12.3. The molecular weight excluding hydrogens is 459 g/mol. The van der Waals surface area contributed by atoms with E-state index in [9.17, 15) is 17.6 Å². The molecule has 34 heavy (non-hydrogen) atoms. The summed E-state index contributed by atoms with van der Waals surface area (Å²) in [5, 5.41) is 2.86. The van der Waals surface area contributed by atoms with Gasteiger partial charge in [0.1, 0.15) is 5.82 Å². The van der Waals surface area contributed by atoms with E-state index in [1.54, 1.807) is 12.1 Å². The number of anilines is 1. The van der Waals surface area contributed by atoms with E-state index in [4.69, 9.17) is 9.47 Å². The Morgan fingerprint density at radius 2 is 1.65 bits per heavy atom. The van der Waals surface area contributed by atoms with Crippen molar-refractivity contribution in [2.75, 3.05) is 17.9 Å². The van der Waals surface area contributed by atoms with Gasteiger partial charge in [-0.05, 0) is 68.8 Å². The molecule has 0 bridgehead atoms. The molecule has 0 spiro atoms. The van der Waals surface area contributed by atoms with Crippen molar-refractivity contribution in [3.05, 3.63) is 83.7 Å². The van der Waals surface area contributed by atoms with E-state index in [1.807, 2.05) is 26.8 Å². The van der Waals surface area contributed by atoms with Crippen LogP contribution in [0.4, 0.5) is 10.1 Å². The van der Waals surface area contributed by atoms with Crippen LogP contribution >= 0.6 is 0 Å². The minimum Gasteiger partial charge on any atom is -0.490 e. The maximum absolute atomic E-state index is 13.9. The molecule has 0 aromatic heterocycles. The number of hydrogen-bond donors (Lipinski definition) is 2. The van der Waals surface area contributed by atoms with Gasteiger partial charge >= 0.3 is 0 Å². The van der Waals surface area contributed by atoms with Crippen LogP contribution in [0.5, 0.6) is 11.5 Å². The quantitative estimate of drug-likeness (QED) is 0.425. The van der Waals surface area contributed by atoms with Crippen LogP contribution in [0.1, 0.15) is 42.7 Å². The van der Waals surface area contributed by atoms with Crippen LogP contribution in [-0.2, 0) is 10.0 Å². The van der Waals surface area contributed by atoms with Gasteiger partial charge < -0.3 is 14.8 Å². The maximum atomic E-state index is 13.9. The Morgan fingerprint density at radius 3 is 2.35 bits per heavy atom. The van der Waals surface area contributed by atoms with E-state index in [0.717, 1.165) is 11.6 Å². The molecule has 0 aliphatic heterocycles. The lowest BCUT2D eigenvalue weighted by molar-refractivity contribution is 0.0939. The van der Waals surface area contributed by atoms with Crippen LogP contribution in [0, 0.1) is 5.82 Å². The molecule has 180 valence electrons. The largest absolute Gasteiger partial charge is 0.490 e. The molecule has 9 heteroatoms. The van der Waals surface area contributed by atoms with Crippen LogP contribution < -0.4 is 19.5 Å². The van der Waals surface area contributed by atoms with Gasteiger partial charge in [-0.3, -0.25) is 9.52 Å². The molecule has 7 nitrogen and oxygen atoms in total. The average Bonchev–Trinajstić information content (AvgIpc) is 2.82. The summed E-state index contributed by atoms with van der Waals surface area (Å²) in [4.78, 5) is 12.7. The molecular formula is C25H27FN2O5S. The molecule has 0 saturated heterocycles. The van der Waals surface area contributed by atoms with Crippen LogP contribution in [0.3, 0.4) is 0 Å². The van der Waals surface area contributed by atoms with Crippen molar-refractivity contribution < 1.29 is 27.1 Å². The zero-order valence-electron chi connectivity index (χ0n) is 19.2. The molecule has 1 amide bonds. The number of para-hydroxylation sites is 1. The molecule has 0 aliphatic rings. The van der Waals surface area contributed by atoms with Gasteiger partial charge in [-0.2, -0.15) is 0 Å². The molecule has 3 aromatic rings. The predicted molar refractivity (Wildman–Crippen MR) is 128 cm³/mol. The second-order valence-corrected chi connectivity index (χ2v) is 9.06. The minimum absolute atomic E-state index is 0.152. The first kappa shape index (κ1) is 25.0. The standard InChI is InChI=1S/C25H27FN2O5S/c1-4-32-23-14-13-18(16-24(23)33-5-2)17(3)27-25(29)19-9-8-10-20(15-19)34(30,31)28-22-12-7-6-11-21(22)26/h6-17,28H,4-5H2,1-3H3,(H,27,29). The fourth-order valence-corrected chi connectivity index (χ4v) is 4.37. The number of benzene rings is 3. The molecule has 1 atom stereocenters. The lowest BCUT2D eigenvalue weighted by Gasteiger charge is -2.18. The summed E-state index contributed by atoms with van der Waals surface area (Å²) in [6.45, 7) is 6.52. The highest BCUT2D eigenvalue weighted by atomic mass is 32.2. The molecule has 1 unspecified atom stereocenters. The molecule has 3 rings (SSSR count). The Bertz CT molecular complexity index is 1260. The zero-order chi connectivity index (χ0) is 24.7. The molecule has 2 N–H and O–H groups in total. The van der Waals surface area contributed by atoms with Gasteiger partial charge in [0.15, 0.2) is 11.5 Å². The fourth-order valence-electron chi connectivity index (χ4n) is 3.25. The number of ether oxygens (including phenoxy) is 2. The maximum Gasteiger partial charge on any atom is 0.262 e. The fraction of sp³-hybridized carbons (Fsp3) is 0.240. The lowest BCUT2D eigenvalue weighted by atomic mass is 10.1. The molecule has 0 saturated carbocycles. The van der Waals surface area contributed by atoms with E-state index in [1.165, 1.54) is 42.5 Å². The normalized spacial score (nSPS) is 12.0. The summed E-state index contributed by atoms with van der Waals surface area (Å²) in [5.74, 6) is 0.0417. The summed E-state index contributed by atoms with van der Waals surface area (Å²) in [5.41, 5.74) is 0.774. The molecule has 0 radical (unpaired) electrons. The second kappa shape index (κ2) is 11.0. The van der Waals surface area contributed by atoms with Crippen molar-refractivity contribution in [3.63, 3.8) is 0 Å². The number of hydrogen-bond acceptors (Lipinski definition) is 5. The Hall–Kier alpha value is -3.59. The first-order chi connectivity index (χ1) is 16.2. The SMILES string of the molecule is CCOc1ccc(C(C)NC(=O)c2cccc(S(=O)(=O)Nc3ccccc3F)c2)cc1OCC. The number of halogens is 1. The molecule has 0 aliphatic carbocycles. The molecule has 0 fully saturated rings. The van der Waals surface area contributed by atoms with Gasteiger partial charge in [-0.15, -0.1) is 0 Å². The minimum atomic E-state index is -4.10. The van der Waals surface area contributed by atoms with Crippen LogP contribution in [-0.4, -0.2) is 27.5 Å². The highest BCUT2D eigenvalue weighted by molar-refractivity contribution is 7.92. The monoisotopic (exact) mass is 486 g/mol. The summed E-state index contributed by atoms with van der Waals surface area (Å²) >= 11 is 0. The van der Waals surface area contributed by atoms with Crippen molar-refractivity contribution in [1.82, 2.24) is 5.32 Å². The Morgan fingerprint density at radius 1 is 0.941 bits per heavy atom. The van der Waals surface area contributed by atoms with E-state index >= 15 is 0 Å². The van der Waals surface area contributed by atoms with Gasteiger partial charge in [0.2, 0.25) is 0 Å². The third-order valence-corrected chi connectivity index (χ3v) is 6.30. The third-order valence-electron chi connectivity index (χ3n) is 4.94. The molecule has 0 heterocycles. The first-order valence-electron chi connectivity index (χ1n) is 10.8. The van der Waals surface area contributed by atoms with Crippen molar-refractivity contribution >= 4 is 21.6 Å². The van der Waals surface area contributed by atoms with E-state index in [2.05, 4.69) is 10.0 Å². The van der Waals surface area contributed by atoms with Crippen molar-refractivity contribution in [2.24, 2.45) is 0 Å². The number of carbonyl (C=O) groups excluding carboxylic acids is 1. The van der Waals surface area contributed by atoms with Crippen molar-refractivity contribution in [1.29, 1.82) is 0 Å². The molecule has 3 aromatic carbocycles. The highest BCUT2D eigenvalue weighted by Crippen LogP contribution is 2.31. The summed E-state index contributed by atoms with van der Waals surface area (Å²) in [6.07, 6.45) is 0. The Kier molecular flexibility index (Phi) is 8.12. The topological polar surface area (TPSA) is 93.7 Å². The summed E-state index contributed by atoms with van der Waals surface area (Å²) in [7, 11) is -4.10. The number of amides is 1. The van der Waals surface area contributed by atoms with Crippen LogP contribution in [0.2, 0.25) is 0 Å². The van der Waals surface area contributed by atoms with Gasteiger partial charge in [0.25, 0.3) is 15.9 Å². The smallest absolute Gasteiger partial charge is 0.262 e. The third kappa shape index (κ3) is 6.05. The van der Waals surface area contributed by atoms with Gasteiger partial charge in [0, 0.05) is 5.56 Å². The number of carbonyl (C=O) groups is 1.